The second-order valence-electron chi connectivity index (χ2n) is 5.16. The largest absolute Gasteiger partial charge is 0.390 e. The molecule has 4 nitrogen and oxygen atoms in total. The Morgan fingerprint density at radius 2 is 2.05 bits per heavy atom. The third-order valence-electron chi connectivity index (χ3n) is 3.77. The van der Waals surface area contributed by atoms with Crippen LogP contribution >= 0.6 is 11.8 Å². The van der Waals surface area contributed by atoms with E-state index in [1.165, 1.54) is 25.7 Å². The van der Waals surface area contributed by atoms with Crippen molar-refractivity contribution in [2.75, 3.05) is 0 Å². The molecule has 0 saturated heterocycles. The molecule has 0 unspecified atom stereocenters. The lowest BCUT2D eigenvalue weighted by Crippen LogP contribution is -2.05. The van der Waals surface area contributed by atoms with Gasteiger partial charge in [0.1, 0.15) is 0 Å². The Morgan fingerprint density at radius 3 is 2.64 bits per heavy atom. The van der Waals surface area contributed by atoms with Crippen molar-refractivity contribution in [3.05, 3.63) is 35.9 Å². The lowest BCUT2D eigenvalue weighted by atomic mass is 10.3. The van der Waals surface area contributed by atoms with Crippen LogP contribution in [0.3, 0.4) is 0 Å². The zero-order valence-electron chi connectivity index (χ0n) is 13.6. The van der Waals surface area contributed by atoms with Crippen LogP contribution in [-0.2, 0) is 6.61 Å². The maximum Gasteiger partial charge on any atom is 0.173 e. The van der Waals surface area contributed by atoms with Gasteiger partial charge in [0.05, 0.1) is 29.9 Å². The van der Waals surface area contributed by atoms with Crippen molar-refractivity contribution in [2.45, 2.75) is 63.5 Å². The van der Waals surface area contributed by atoms with E-state index in [0.717, 1.165) is 22.2 Å². The van der Waals surface area contributed by atoms with Crippen molar-refractivity contribution in [1.29, 1.82) is 0 Å². The van der Waals surface area contributed by atoms with Crippen molar-refractivity contribution in [3.63, 3.8) is 0 Å². The second-order valence-corrected chi connectivity index (χ2v) is 6.42. The molecule has 22 heavy (non-hydrogen) atoms. The number of aryl methyl sites for hydroxylation is 1. The molecule has 0 radical (unpaired) electrons. The molecular formula is C17H25N3OS. The van der Waals surface area contributed by atoms with E-state index in [0.29, 0.717) is 5.25 Å². The van der Waals surface area contributed by atoms with E-state index in [2.05, 4.69) is 9.97 Å². The molecule has 2 aromatic rings. The molecular weight excluding hydrogens is 294 g/mol. The Hall–Kier alpha value is -1.33. The number of rotatable bonds is 4. The number of aliphatic hydroxyl groups excluding tert-OH is 1. The van der Waals surface area contributed by atoms with E-state index in [1.807, 2.05) is 55.4 Å². The van der Waals surface area contributed by atoms with Gasteiger partial charge in [0.25, 0.3) is 0 Å². The summed E-state index contributed by atoms with van der Waals surface area (Å²) in [7, 11) is 0. The summed E-state index contributed by atoms with van der Waals surface area (Å²) in [5, 5.41) is 11.3. The van der Waals surface area contributed by atoms with Crippen LogP contribution in [0.2, 0.25) is 0 Å². The molecule has 0 amide bonds. The zero-order chi connectivity index (χ0) is 15.9. The highest BCUT2D eigenvalue weighted by Crippen LogP contribution is 2.36. The number of hydrogen-bond acceptors (Lipinski definition) is 4. The summed E-state index contributed by atoms with van der Waals surface area (Å²) in [6.07, 6.45) is 8.74. The number of pyridine rings is 1. The third kappa shape index (κ3) is 3.70. The average Bonchev–Trinajstić information content (AvgIpc) is 3.18. The van der Waals surface area contributed by atoms with Crippen LogP contribution in [0, 0.1) is 6.92 Å². The Bertz CT molecular complexity index is 577. The highest BCUT2D eigenvalue weighted by molar-refractivity contribution is 7.99. The standard InChI is InChI=1S/C15H19N3OS.C2H6/c1-11-14(10-19)18(12-5-4-8-16-9-12)15(17-11)20-13-6-2-3-7-13;1-2/h4-5,8-9,13,19H,2-3,6-7,10H2,1H3;1-2H3. The van der Waals surface area contributed by atoms with E-state index in [-0.39, 0.29) is 6.61 Å². The van der Waals surface area contributed by atoms with Crippen LogP contribution in [0.5, 0.6) is 0 Å². The second kappa shape index (κ2) is 8.34. The van der Waals surface area contributed by atoms with Gasteiger partial charge in [-0.15, -0.1) is 0 Å². The van der Waals surface area contributed by atoms with E-state index in [4.69, 9.17) is 0 Å². The fourth-order valence-corrected chi connectivity index (χ4v) is 4.08. The number of aliphatic hydroxyl groups is 1. The molecule has 1 N–H and O–H groups in total. The molecule has 1 fully saturated rings. The predicted octanol–water partition coefficient (Wildman–Crippen LogP) is 4.13. The van der Waals surface area contributed by atoms with Gasteiger partial charge in [0.15, 0.2) is 5.16 Å². The van der Waals surface area contributed by atoms with Crippen LogP contribution in [0.1, 0.15) is 50.9 Å². The Labute approximate surface area is 137 Å². The van der Waals surface area contributed by atoms with Gasteiger partial charge in [-0.25, -0.2) is 4.98 Å². The van der Waals surface area contributed by atoms with Crippen molar-refractivity contribution >= 4 is 11.8 Å². The lowest BCUT2D eigenvalue weighted by molar-refractivity contribution is 0.273. The van der Waals surface area contributed by atoms with Crippen molar-refractivity contribution in [1.82, 2.24) is 14.5 Å². The van der Waals surface area contributed by atoms with Crippen LogP contribution in [0.15, 0.2) is 29.7 Å². The first kappa shape index (κ1) is 17.0. The van der Waals surface area contributed by atoms with Gasteiger partial charge in [-0.1, -0.05) is 38.5 Å². The molecule has 0 spiro atoms. The Morgan fingerprint density at radius 1 is 1.32 bits per heavy atom. The van der Waals surface area contributed by atoms with Crippen molar-refractivity contribution in [3.8, 4) is 5.69 Å². The Kier molecular flexibility index (Phi) is 6.46. The summed E-state index contributed by atoms with van der Waals surface area (Å²) < 4.78 is 2.05. The normalized spacial score (nSPS) is 14.7. The van der Waals surface area contributed by atoms with Crippen LogP contribution in [-0.4, -0.2) is 24.9 Å². The first-order chi connectivity index (χ1) is 10.8. The molecule has 0 aromatic carbocycles. The summed E-state index contributed by atoms with van der Waals surface area (Å²) >= 11 is 1.84. The summed E-state index contributed by atoms with van der Waals surface area (Å²) in [6.45, 7) is 5.95. The molecule has 1 aliphatic carbocycles. The summed E-state index contributed by atoms with van der Waals surface area (Å²) in [4.78, 5) is 8.84. The highest BCUT2D eigenvalue weighted by Gasteiger charge is 2.22. The van der Waals surface area contributed by atoms with Gasteiger partial charge in [-0.3, -0.25) is 9.55 Å². The summed E-state index contributed by atoms with van der Waals surface area (Å²) in [6, 6.07) is 3.92. The topological polar surface area (TPSA) is 50.9 Å². The summed E-state index contributed by atoms with van der Waals surface area (Å²) in [5.74, 6) is 0. The molecule has 0 bridgehead atoms. The number of imidazole rings is 1. The van der Waals surface area contributed by atoms with Gasteiger partial charge in [-0.2, -0.15) is 0 Å². The SMILES string of the molecule is CC.Cc1nc(SC2CCCC2)n(-c2cccnc2)c1CO. The number of nitrogens with zero attached hydrogens (tertiary/aromatic N) is 3. The first-order valence-electron chi connectivity index (χ1n) is 8.05. The molecule has 0 aliphatic heterocycles. The van der Waals surface area contributed by atoms with Gasteiger partial charge in [-0.05, 0) is 31.9 Å². The highest BCUT2D eigenvalue weighted by atomic mass is 32.2. The van der Waals surface area contributed by atoms with E-state index >= 15 is 0 Å². The lowest BCUT2D eigenvalue weighted by Gasteiger charge is -2.12. The Balaban J connectivity index is 0.000000847. The predicted molar refractivity (Wildman–Crippen MR) is 91.5 cm³/mol. The quantitative estimate of drug-likeness (QED) is 0.920. The van der Waals surface area contributed by atoms with Gasteiger partial charge in [0, 0.05) is 11.4 Å². The zero-order valence-corrected chi connectivity index (χ0v) is 14.4. The maximum absolute atomic E-state index is 9.64. The molecule has 1 saturated carbocycles. The fraction of sp³-hybridized carbons (Fsp3) is 0.529. The summed E-state index contributed by atoms with van der Waals surface area (Å²) in [5.41, 5.74) is 2.73. The third-order valence-corrected chi connectivity index (χ3v) is 5.06. The van der Waals surface area contributed by atoms with Gasteiger partial charge < -0.3 is 5.11 Å². The first-order valence-corrected chi connectivity index (χ1v) is 8.93. The maximum atomic E-state index is 9.64. The number of aromatic nitrogens is 3. The minimum absolute atomic E-state index is 0.00104. The molecule has 5 heteroatoms. The molecule has 2 heterocycles. The molecule has 1 aliphatic rings. The monoisotopic (exact) mass is 319 g/mol. The van der Waals surface area contributed by atoms with Gasteiger partial charge in [0.2, 0.25) is 0 Å². The van der Waals surface area contributed by atoms with Gasteiger partial charge >= 0.3 is 0 Å². The van der Waals surface area contributed by atoms with Crippen LogP contribution in [0.25, 0.3) is 5.69 Å². The van der Waals surface area contributed by atoms with E-state index < -0.39 is 0 Å². The number of thioether (sulfide) groups is 1. The minimum atomic E-state index is -0.00104. The van der Waals surface area contributed by atoms with Crippen LogP contribution < -0.4 is 0 Å². The van der Waals surface area contributed by atoms with E-state index in [1.54, 1.807) is 6.20 Å². The van der Waals surface area contributed by atoms with Crippen molar-refractivity contribution in [2.24, 2.45) is 0 Å². The molecule has 2 aromatic heterocycles. The molecule has 120 valence electrons. The van der Waals surface area contributed by atoms with E-state index in [9.17, 15) is 5.11 Å². The average molecular weight is 319 g/mol. The molecule has 3 rings (SSSR count). The fourth-order valence-electron chi connectivity index (χ4n) is 2.71. The minimum Gasteiger partial charge on any atom is -0.390 e. The molecule has 0 atom stereocenters. The van der Waals surface area contributed by atoms with Crippen molar-refractivity contribution < 1.29 is 5.11 Å². The number of hydrogen-bond donors (Lipinski definition) is 1. The smallest absolute Gasteiger partial charge is 0.173 e. The van der Waals surface area contributed by atoms with Crippen LogP contribution in [0.4, 0.5) is 0 Å².